The molecule has 7 nitrogen and oxygen atoms in total. The number of nitrogen functional groups attached to an aromatic ring is 1. The first-order valence-electron chi connectivity index (χ1n) is 6.25. The second-order valence-electron chi connectivity index (χ2n) is 4.55. The van der Waals surface area contributed by atoms with E-state index < -0.39 is 0 Å². The largest absolute Gasteiger partial charge is 0.422 e. The van der Waals surface area contributed by atoms with Gasteiger partial charge >= 0.3 is 0 Å². The molecule has 3 aromatic heterocycles. The topological polar surface area (TPSA) is 104 Å². The molecule has 0 aliphatic heterocycles. The molecule has 0 spiro atoms. The van der Waals surface area contributed by atoms with Gasteiger partial charge in [0.2, 0.25) is 0 Å². The van der Waals surface area contributed by atoms with Crippen molar-refractivity contribution >= 4 is 22.7 Å². The Morgan fingerprint density at radius 1 is 1.24 bits per heavy atom. The fraction of sp³-hybridized carbons (Fsp3) is 0.231. The van der Waals surface area contributed by atoms with Crippen LogP contribution in [0.4, 0.5) is 11.6 Å². The summed E-state index contributed by atoms with van der Waals surface area (Å²) in [6.45, 7) is 3.82. The molecular formula is C13H14N7Re-. The average molecular weight is 455 g/mol. The van der Waals surface area contributed by atoms with Crippen molar-refractivity contribution < 1.29 is 20.4 Å². The second-order valence-corrected chi connectivity index (χ2v) is 4.55. The molecule has 3 rings (SSSR count). The molecule has 8 heteroatoms. The Hall–Kier alpha value is -2.04. The summed E-state index contributed by atoms with van der Waals surface area (Å²) in [5.41, 5.74) is 7.14. The summed E-state index contributed by atoms with van der Waals surface area (Å²) in [4.78, 5) is 12.9. The van der Waals surface area contributed by atoms with Crippen molar-refractivity contribution in [2.45, 2.75) is 19.9 Å². The number of aromatic nitrogens is 5. The third-order valence-electron chi connectivity index (χ3n) is 2.97. The molecule has 0 aliphatic carbocycles. The Labute approximate surface area is 135 Å². The van der Waals surface area contributed by atoms with E-state index in [2.05, 4.69) is 30.5 Å². The van der Waals surface area contributed by atoms with Gasteiger partial charge in [-0.15, -0.1) is 0 Å². The van der Waals surface area contributed by atoms with Crippen molar-refractivity contribution in [3.05, 3.63) is 35.9 Å². The Morgan fingerprint density at radius 2 is 2.05 bits per heavy atom. The summed E-state index contributed by atoms with van der Waals surface area (Å²) in [5.74, 6) is 1.85. The third-order valence-corrected chi connectivity index (χ3v) is 2.97. The monoisotopic (exact) mass is 455 g/mol. The van der Waals surface area contributed by atoms with Crippen LogP contribution in [0.1, 0.15) is 24.5 Å². The predicted octanol–water partition coefficient (Wildman–Crippen LogP) is 1.44. The van der Waals surface area contributed by atoms with Gasteiger partial charge in [-0.2, -0.15) is 0 Å². The van der Waals surface area contributed by atoms with Gasteiger partial charge in [0.1, 0.15) is 11.6 Å². The quantitative estimate of drug-likeness (QED) is 0.617. The van der Waals surface area contributed by atoms with Crippen LogP contribution in [-0.2, 0) is 20.4 Å². The maximum absolute atomic E-state index is 5.70. The Bertz CT molecular complexity index is 755. The molecule has 0 saturated heterocycles. The molecule has 1 unspecified atom stereocenters. The number of nitrogens with zero attached hydrogens (tertiary/aromatic N) is 5. The summed E-state index contributed by atoms with van der Waals surface area (Å²) in [6.07, 6.45) is 1.65. The third kappa shape index (κ3) is 3.18. The van der Waals surface area contributed by atoms with Crippen LogP contribution in [0.15, 0.2) is 24.4 Å². The van der Waals surface area contributed by atoms with Gasteiger partial charge in [0, 0.05) is 37.8 Å². The molecule has 1 radical (unpaired) electrons. The number of rotatable bonds is 3. The van der Waals surface area contributed by atoms with Gasteiger partial charge in [-0.05, 0) is 31.6 Å². The number of aryl methyl sites for hydroxylation is 1. The second kappa shape index (κ2) is 6.16. The molecule has 0 amide bonds. The minimum atomic E-state index is -0.0362. The van der Waals surface area contributed by atoms with Crippen LogP contribution >= 0.6 is 0 Å². The first-order valence-corrected chi connectivity index (χ1v) is 6.25. The zero-order valence-corrected chi connectivity index (χ0v) is 14.3. The van der Waals surface area contributed by atoms with Crippen molar-refractivity contribution in [3.8, 4) is 0 Å². The van der Waals surface area contributed by atoms with Crippen molar-refractivity contribution in [3.63, 3.8) is 0 Å². The summed E-state index contributed by atoms with van der Waals surface area (Å²) < 4.78 is 0. The number of fused-ring (bicyclic) bond motifs is 1. The molecule has 0 aliphatic rings. The molecule has 0 saturated carbocycles. The number of hydrogen-bond acceptors (Lipinski definition) is 6. The van der Waals surface area contributed by atoms with Gasteiger partial charge in [-0.3, -0.25) is 5.10 Å². The molecule has 21 heavy (non-hydrogen) atoms. The van der Waals surface area contributed by atoms with Gasteiger partial charge in [-0.25, -0.2) is 9.97 Å². The molecular weight excluding hydrogens is 440 g/mol. The van der Waals surface area contributed by atoms with Crippen molar-refractivity contribution in [2.75, 3.05) is 11.1 Å². The average Bonchev–Trinajstić information content (AvgIpc) is 2.86. The Morgan fingerprint density at radius 3 is 2.81 bits per heavy atom. The summed E-state index contributed by atoms with van der Waals surface area (Å²) in [7, 11) is 0. The smallest absolute Gasteiger partial charge is 0.135 e. The van der Waals surface area contributed by atoms with E-state index in [1.54, 1.807) is 12.3 Å². The van der Waals surface area contributed by atoms with E-state index in [0.717, 1.165) is 11.1 Å². The zero-order chi connectivity index (χ0) is 14.1. The fourth-order valence-electron chi connectivity index (χ4n) is 2.00. The van der Waals surface area contributed by atoms with E-state index in [9.17, 15) is 0 Å². The SMILES string of the molecule is Cc1nc(NC(C)c2cccc(N)n2)c2cn[n-]c2n1.[Re]. The van der Waals surface area contributed by atoms with E-state index in [-0.39, 0.29) is 26.5 Å². The molecule has 0 fully saturated rings. The summed E-state index contributed by atoms with van der Waals surface area (Å²) in [5, 5.41) is 11.9. The number of pyridine rings is 1. The summed E-state index contributed by atoms with van der Waals surface area (Å²) in [6, 6.07) is 5.52. The fourth-order valence-corrected chi connectivity index (χ4v) is 2.00. The van der Waals surface area contributed by atoms with E-state index >= 15 is 0 Å². The Kier molecular flexibility index (Phi) is 4.50. The molecule has 109 valence electrons. The first kappa shape index (κ1) is 15.4. The molecule has 3 heterocycles. The normalized spacial score (nSPS) is 11.9. The molecule has 0 aromatic carbocycles. The Balaban J connectivity index is 0.00000161. The van der Waals surface area contributed by atoms with Crippen LogP contribution in [0.5, 0.6) is 0 Å². The van der Waals surface area contributed by atoms with E-state index in [1.807, 2.05) is 26.0 Å². The molecule has 0 bridgehead atoms. The van der Waals surface area contributed by atoms with Gasteiger partial charge in [0.05, 0.1) is 11.7 Å². The van der Waals surface area contributed by atoms with Gasteiger partial charge in [-0.1, -0.05) is 6.07 Å². The number of nitrogens with one attached hydrogen (secondary N) is 1. The molecule has 3 N–H and O–H groups in total. The van der Waals surface area contributed by atoms with Gasteiger partial charge in [0.15, 0.2) is 0 Å². The minimum absolute atomic E-state index is 0. The predicted molar refractivity (Wildman–Crippen MR) is 76.1 cm³/mol. The van der Waals surface area contributed by atoms with Gasteiger partial charge < -0.3 is 21.1 Å². The van der Waals surface area contributed by atoms with Crippen LogP contribution in [0.2, 0.25) is 0 Å². The van der Waals surface area contributed by atoms with Crippen molar-refractivity contribution in [1.82, 2.24) is 25.1 Å². The standard InChI is InChI=1S/C13H14N7.Re/c1-7(10-4-3-5-11(14)19-10)16-12-9-6-15-20-13(9)18-8(2)17-12;/h3-7H,1-2H3,(H3-,14,15,16,17,18,19,20);/q-1;. The zero-order valence-electron chi connectivity index (χ0n) is 11.6. The summed E-state index contributed by atoms with van der Waals surface area (Å²) >= 11 is 0. The number of anilines is 2. The maximum Gasteiger partial charge on any atom is 0.135 e. The van der Waals surface area contributed by atoms with E-state index in [0.29, 0.717) is 23.1 Å². The van der Waals surface area contributed by atoms with Crippen LogP contribution in [0.25, 0.3) is 11.0 Å². The minimum Gasteiger partial charge on any atom is -0.422 e. The van der Waals surface area contributed by atoms with Crippen molar-refractivity contribution in [1.29, 1.82) is 0 Å². The molecule has 1 atom stereocenters. The first-order chi connectivity index (χ1) is 9.63. The van der Waals surface area contributed by atoms with Gasteiger partial charge in [0.25, 0.3) is 0 Å². The van der Waals surface area contributed by atoms with E-state index in [1.165, 1.54) is 0 Å². The van der Waals surface area contributed by atoms with Crippen LogP contribution in [0, 0.1) is 6.92 Å². The van der Waals surface area contributed by atoms with Crippen LogP contribution in [0.3, 0.4) is 0 Å². The molecule has 3 aromatic rings. The van der Waals surface area contributed by atoms with Crippen LogP contribution in [-0.4, -0.2) is 20.1 Å². The van der Waals surface area contributed by atoms with Crippen molar-refractivity contribution in [2.24, 2.45) is 0 Å². The number of nitrogens with two attached hydrogens (primary N) is 1. The maximum atomic E-state index is 5.70. The van der Waals surface area contributed by atoms with Crippen LogP contribution < -0.4 is 16.1 Å². The van der Waals surface area contributed by atoms with E-state index in [4.69, 9.17) is 5.73 Å². The number of hydrogen-bond donors (Lipinski definition) is 2.